The van der Waals surface area contributed by atoms with E-state index in [4.69, 9.17) is 0 Å². The minimum Gasteiger partial charge on any atom is -0.311 e. The van der Waals surface area contributed by atoms with Gasteiger partial charge in [-0.15, -0.1) is 0 Å². The van der Waals surface area contributed by atoms with Crippen molar-refractivity contribution in [3.05, 3.63) is 198 Å². The molecule has 2 aliphatic carbocycles. The Morgan fingerprint density at radius 1 is 0.531 bits per heavy atom. The van der Waals surface area contributed by atoms with Crippen LogP contribution in [-0.2, 0) is 6.42 Å². The van der Waals surface area contributed by atoms with Gasteiger partial charge in [0.05, 0.1) is 0 Å². The lowest BCUT2D eigenvalue weighted by atomic mass is 9.89. The van der Waals surface area contributed by atoms with Gasteiger partial charge in [-0.25, -0.2) is 0 Å². The summed E-state index contributed by atoms with van der Waals surface area (Å²) in [5.41, 5.74) is 12.6. The molecule has 0 spiro atoms. The van der Waals surface area contributed by atoms with Gasteiger partial charge < -0.3 is 4.90 Å². The number of rotatable bonds is 6. The van der Waals surface area contributed by atoms with Crippen molar-refractivity contribution in [1.29, 1.82) is 0 Å². The fraction of sp³-hybridized carbons (Fsp3) is 0.0833. The number of anilines is 2. The van der Waals surface area contributed by atoms with Crippen molar-refractivity contribution >= 4 is 39.0 Å². The molecule has 1 heteroatoms. The zero-order valence-corrected chi connectivity index (χ0v) is 27.5. The molecule has 7 aromatic rings. The van der Waals surface area contributed by atoms with Gasteiger partial charge in [0.15, 0.2) is 0 Å². The molecule has 0 fully saturated rings. The summed E-state index contributed by atoms with van der Waals surface area (Å²) in [4.78, 5) is 2.40. The van der Waals surface area contributed by atoms with E-state index >= 15 is 0 Å². The molecule has 0 aliphatic heterocycles. The van der Waals surface area contributed by atoms with Crippen LogP contribution in [0.4, 0.5) is 11.4 Å². The maximum absolute atomic E-state index is 2.40. The second kappa shape index (κ2) is 12.6. The van der Waals surface area contributed by atoms with Gasteiger partial charge in [-0.1, -0.05) is 146 Å². The predicted molar refractivity (Wildman–Crippen MR) is 209 cm³/mol. The minimum absolute atomic E-state index is 0.386. The molecule has 0 saturated carbocycles. The Morgan fingerprint density at radius 2 is 1.24 bits per heavy atom. The largest absolute Gasteiger partial charge is 0.311 e. The van der Waals surface area contributed by atoms with Gasteiger partial charge in [0.25, 0.3) is 0 Å². The SMILES string of the molecule is C1=Cc2c(ccc3ccc4cc(-c5ccc(N(C6=CCC(c7ccccc7)C=C6)c6cccc(-c7ccccc7)c6)cc5)ccc4c23)CC1. The first-order valence-corrected chi connectivity index (χ1v) is 17.4. The van der Waals surface area contributed by atoms with Crippen molar-refractivity contribution in [3.63, 3.8) is 0 Å². The van der Waals surface area contributed by atoms with E-state index in [0.717, 1.165) is 30.6 Å². The Labute approximate surface area is 288 Å². The normalized spacial score (nSPS) is 15.3. The van der Waals surface area contributed by atoms with Crippen molar-refractivity contribution in [2.45, 2.75) is 25.2 Å². The molecule has 0 N–H and O–H groups in total. The standard InChI is InChI=1S/C48H37N/c1-3-10-34(11-4-1)36-22-27-43(28-23-36)49(45-16-9-15-40(33-45)35-12-5-2-6-13-35)44-29-24-37(25-30-44)41-26-31-47-42(32-41)21-20-39-19-18-38-14-7-8-17-46(38)48(39)47/h1-6,8-13,15-22,24-33,36H,7,14,23H2. The fourth-order valence-corrected chi connectivity index (χ4v) is 7.68. The van der Waals surface area contributed by atoms with Crippen LogP contribution in [-0.4, -0.2) is 0 Å². The Bertz CT molecular complexity index is 2400. The molecule has 0 bridgehead atoms. The second-order valence-corrected chi connectivity index (χ2v) is 13.2. The highest BCUT2D eigenvalue weighted by Gasteiger charge is 2.19. The van der Waals surface area contributed by atoms with Crippen LogP contribution < -0.4 is 4.90 Å². The Balaban J connectivity index is 1.08. The van der Waals surface area contributed by atoms with Crippen LogP contribution in [0.5, 0.6) is 0 Å². The lowest BCUT2D eigenvalue weighted by molar-refractivity contribution is 0.840. The van der Waals surface area contributed by atoms with Crippen molar-refractivity contribution in [2.24, 2.45) is 0 Å². The molecule has 0 radical (unpaired) electrons. The average Bonchev–Trinajstić information content (AvgIpc) is 3.19. The van der Waals surface area contributed by atoms with Crippen LogP contribution in [0.1, 0.15) is 35.4 Å². The smallest absolute Gasteiger partial charge is 0.0467 e. The van der Waals surface area contributed by atoms with Crippen molar-refractivity contribution in [1.82, 2.24) is 0 Å². The number of hydrogen-bond acceptors (Lipinski definition) is 1. The summed E-state index contributed by atoms with van der Waals surface area (Å²) >= 11 is 0. The van der Waals surface area contributed by atoms with Crippen LogP contribution in [0.2, 0.25) is 0 Å². The number of allylic oxidation sites excluding steroid dienone is 4. The monoisotopic (exact) mass is 627 g/mol. The topological polar surface area (TPSA) is 3.24 Å². The van der Waals surface area contributed by atoms with E-state index in [1.54, 1.807) is 0 Å². The van der Waals surface area contributed by atoms with E-state index < -0.39 is 0 Å². The summed E-state index contributed by atoms with van der Waals surface area (Å²) < 4.78 is 0. The van der Waals surface area contributed by atoms with Gasteiger partial charge in [-0.2, -0.15) is 0 Å². The molecule has 234 valence electrons. The lowest BCUT2D eigenvalue weighted by Crippen LogP contribution is -2.17. The predicted octanol–water partition coefficient (Wildman–Crippen LogP) is 13.1. The van der Waals surface area contributed by atoms with Crippen LogP contribution in [0.25, 0.3) is 49.9 Å². The molecule has 2 aliphatic rings. The van der Waals surface area contributed by atoms with Gasteiger partial charge in [-0.3, -0.25) is 0 Å². The van der Waals surface area contributed by atoms with Gasteiger partial charge in [-0.05, 0) is 116 Å². The number of aryl methyl sites for hydroxylation is 1. The molecular weight excluding hydrogens is 591 g/mol. The zero-order chi connectivity index (χ0) is 32.6. The molecule has 0 heterocycles. The maximum Gasteiger partial charge on any atom is 0.0467 e. The number of fused-ring (bicyclic) bond motifs is 5. The summed E-state index contributed by atoms with van der Waals surface area (Å²) in [5, 5.41) is 5.30. The molecule has 1 unspecified atom stereocenters. The first-order valence-electron chi connectivity index (χ1n) is 17.4. The quantitative estimate of drug-likeness (QED) is 0.166. The summed E-state index contributed by atoms with van der Waals surface area (Å²) in [5.74, 6) is 0.386. The van der Waals surface area contributed by atoms with E-state index in [2.05, 4.69) is 187 Å². The maximum atomic E-state index is 2.40. The van der Waals surface area contributed by atoms with Crippen molar-refractivity contribution in [2.75, 3.05) is 4.90 Å². The highest BCUT2D eigenvalue weighted by atomic mass is 15.1. The van der Waals surface area contributed by atoms with Crippen LogP contribution in [0, 0.1) is 0 Å². The number of nitrogens with zero attached hydrogens (tertiary/aromatic N) is 1. The Kier molecular flexibility index (Phi) is 7.52. The first kappa shape index (κ1) is 29.2. The van der Waals surface area contributed by atoms with Gasteiger partial charge >= 0.3 is 0 Å². The molecule has 0 amide bonds. The highest BCUT2D eigenvalue weighted by Crippen LogP contribution is 2.39. The molecule has 0 saturated heterocycles. The Hall–Kier alpha value is -5.92. The summed E-state index contributed by atoms with van der Waals surface area (Å²) in [6.07, 6.45) is 14.9. The van der Waals surface area contributed by atoms with Gasteiger partial charge in [0.2, 0.25) is 0 Å². The summed E-state index contributed by atoms with van der Waals surface area (Å²) in [7, 11) is 0. The molecule has 0 aromatic heterocycles. The van der Waals surface area contributed by atoms with E-state index in [0.29, 0.717) is 5.92 Å². The van der Waals surface area contributed by atoms with Crippen LogP contribution >= 0.6 is 0 Å². The minimum atomic E-state index is 0.386. The van der Waals surface area contributed by atoms with Gasteiger partial charge in [0, 0.05) is 23.0 Å². The molecule has 49 heavy (non-hydrogen) atoms. The molecule has 7 aromatic carbocycles. The lowest BCUT2D eigenvalue weighted by Gasteiger charge is -2.29. The molecule has 9 rings (SSSR count). The average molecular weight is 628 g/mol. The van der Waals surface area contributed by atoms with E-state index in [1.165, 1.54) is 66.2 Å². The third-order valence-electron chi connectivity index (χ3n) is 10.2. The third kappa shape index (κ3) is 5.58. The van der Waals surface area contributed by atoms with E-state index in [1.807, 2.05) is 0 Å². The van der Waals surface area contributed by atoms with Crippen LogP contribution in [0.3, 0.4) is 0 Å². The van der Waals surface area contributed by atoms with Crippen LogP contribution in [0.15, 0.2) is 182 Å². The van der Waals surface area contributed by atoms with E-state index in [-0.39, 0.29) is 0 Å². The summed E-state index contributed by atoms with van der Waals surface area (Å²) in [6, 6.07) is 55.6. The number of benzene rings is 7. The number of hydrogen-bond donors (Lipinski definition) is 0. The molecule has 1 nitrogen and oxygen atoms in total. The van der Waals surface area contributed by atoms with E-state index in [9.17, 15) is 0 Å². The highest BCUT2D eigenvalue weighted by molar-refractivity contribution is 6.12. The zero-order valence-electron chi connectivity index (χ0n) is 27.5. The third-order valence-corrected chi connectivity index (χ3v) is 10.2. The van der Waals surface area contributed by atoms with Crippen molar-refractivity contribution in [3.8, 4) is 22.3 Å². The molecular formula is C48H37N. The summed E-state index contributed by atoms with van der Waals surface area (Å²) in [6.45, 7) is 0. The molecule has 1 atom stereocenters. The Morgan fingerprint density at radius 3 is 2.06 bits per heavy atom. The fourth-order valence-electron chi connectivity index (χ4n) is 7.68. The second-order valence-electron chi connectivity index (χ2n) is 13.2. The van der Waals surface area contributed by atoms with Gasteiger partial charge in [0.1, 0.15) is 0 Å². The first-order chi connectivity index (χ1) is 24.3. The van der Waals surface area contributed by atoms with Crippen molar-refractivity contribution < 1.29 is 0 Å².